The van der Waals surface area contributed by atoms with Gasteiger partial charge in [0, 0.05) is 109 Å². The molecule has 0 atom stereocenters. The van der Waals surface area contributed by atoms with Gasteiger partial charge in [-0.05, 0) is 17.7 Å². The van der Waals surface area contributed by atoms with E-state index in [4.69, 9.17) is 10.8 Å². The molecule has 12 heteroatoms. The van der Waals surface area contributed by atoms with Crippen LogP contribution in [0.2, 0.25) is 0 Å². The van der Waals surface area contributed by atoms with Gasteiger partial charge in [0.1, 0.15) is 17.8 Å². The molecular weight excluding hydrogens is 773 g/mol. The average Bonchev–Trinajstić information content (AvgIpc) is 3.09. The monoisotopic (exact) mass is 789 g/mol. The number of fused-ring (bicyclic) bond motifs is 1. The summed E-state index contributed by atoms with van der Waals surface area (Å²) in [5, 5.41) is 8.15. The number of carbonyl (C=O) groups is 1. The maximum absolute atomic E-state index is 11.9. The van der Waals surface area contributed by atoms with E-state index in [1.54, 1.807) is 16.7 Å². The Morgan fingerprint density at radius 1 is 1.03 bits per heavy atom. The second kappa shape index (κ2) is 16.6. The Balaban J connectivity index is 0.00000240. The van der Waals surface area contributed by atoms with Crippen LogP contribution in [-0.4, -0.2) is 25.7 Å². The van der Waals surface area contributed by atoms with Crippen LogP contribution in [0.15, 0.2) is 60.9 Å². The Morgan fingerprint density at radius 3 is 2.31 bits per heavy atom. The van der Waals surface area contributed by atoms with Crippen molar-refractivity contribution < 1.29 is 154 Å². The van der Waals surface area contributed by atoms with Gasteiger partial charge in [-0.1, -0.05) is 42.5 Å². The first-order chi connectivity index (χ1) is 13.7. The van der Waals surface area contributed by atoms with Crippen molar-refractivity contribution in [2.24, 2.45) is 0 Å². The third-order valence-electron chi connectivity index (χ3n) is 4.34. The van der Waals surface area contributed by atoms with Gasteiger partial charge in [0.15, 0.2) is 5.65 Å². The van der Waals surface area contributed by atoms with E-state index in [-0.39, 0.29) is 155 Å². The largest absolute Gasteiger partial charge is 1.00 e. The molecular formula is C20H16IKN6OY3. The maximum Gasteiger partial charge on any atom is 1.00 e. The smallest absolute Gasteiger partial charge is 0.492 e. The third kappa shape index (κ3) is 8.23. The molecule has 149 valence electrons. The number of benzene rings is 2. The molecule has 3 N–H and O–H groups in total. The zero-order valence-corrected chi connectivity index (χ0v) is 31.2. The molecule has 2 aromatic heterocycles. The van der Waals surface area contributed by atoms with E-state index >= 15 is 0 Å². The molecule has 7 nitrogen and oxygen atoms in total. The molecule has 0 saturated heterocycles. The Bertz CT molecular complexity index is 1150. The Kier molecular flexibility index (Phi) is 17.6. The minimum atomic E-state index is -0.141. The summed E-state index contributed by atoms with van der Waals surface area (Å²) in [5.41, 5.74) is 10.1. The van der Waals surface area contributed by atoms with E-state index in [0.29, 0.717) is 23.6 Å². The molecule has 4 aromatic rings. The fourth-order valence-electron chi connectivity index (χ4n) is 3.01. The van der Waals surface area contributed by atoms with Crippen molar-refractivity contribution in [3.8, 4) is 11.3 Å². The zero-order valence-electron chi connectivity index (χ0n) is 17.4. The summed E-state index contributed by atoms with van der Waals surface area (Å²) < 4.78 is 3.39. The van der Waals surface area contributed by atoms with Crippen LogP contribution in [0.3, 0.4) is 0 Å². The molecule has 0 unspecified atom stereocenters. The summed E-state index contributed by atoms with van der Waals surface area (Å²) >= 11 is 1.98. The number of halogens is 1. The number of carbonyl (C=O) groups excluding carboxylic acids is 1. The fourth-order valence-corrected chi connectivity index (χ4v) is 3.29. The zero-order chi connectivity index (χ0) is 19.5. The number of nitrogens with two attached hydrogens (primary N) is 1. The van der Waals surface area contributed by atoms with Crippen LogP contribution in [0.5, 0.6) is 0 Å². The Labute approximate surface area is 318 Å². The number of aromatic nitrogens is 4. The second-order valence-electron chi connectivity index (χ2n) is 6.11. The molecule has 3 radical (unpaired) electrons. The van der Waals surface area contributed by atoms with E-state index in [2.05, 4.69) is 15.3 Å². The van der Waals surface area contributed by atoms with Gasteiger partial charge in [-0.2, -0.15) is 9.65 Å². The third-order valence-corrected chi connectivity index (χ3v) is 4.65. The summed E-state index contributed by atoms with van der Waals surface area (Å²) in [6.45, 7) is 0.500. The number of nitrogen functional groups attached to an aromatic ring is 1. The van der Waals surface area contributed by atoms with Crippen LogP contribution in [0.4, 0.5) is 5.82 Å². The average molecular weight is 789 g/mol. The van der Waals surface area contributed by atoms with Crippen molar-refractivity contribution in [1.29, 1.82) is 0 Å². The van der Waals surface area contributed by atoms with Crippen molar-refractivity contribution >= 4 is 45.3 Å². The van der Waals surface area contributed by atoms with E-state index in [9.17, 15) is 4.79 Å². The van der Waals surface area contributed by atoms with Gasteiger partial charge < -0.3 is 11.1 Å². The number of rotatable bonds is 5. The normalized spacial score (nSPS) is 9.53. The number of nitrogens with one attached hydrogen (secondary N) is 1. The van der Waals surface area contributed by atoms with Crippen molar-refractivity contribution in [3.63, 3.8) is 0 Å². The molecule has 32 heavy (non-hydrogen) atoms. The van der Waals surface area contributed by atoms with E-state index < -0.39 is 0 Å². The number of nitrogens with zero attached hydrogens (tertiary/aromatic N) is 4. The van der Waals surface area contributed by atoms with Gasteiger partial charge >= 0.3 is 51.4 Å². The molecule has 0 aliphatic rings. The second-order valence-corrected chi connectivity index (χ2v) is 6.73. The Morgan fingerprint density at radius 2 is 1.69 bits per heavy atom. The first kappa shape index (κ1) is 33.9. The topological polar surface area (TPSA) is 98.7 Å². The number of amides is 1. The van der Waals surface area contributed by atoms with Crippen LogP contribution in [0.25, 0.3) is 22.3 Å². The molecule has 4 rings (SSSR count). The maximum atomic E-state index is 11.9. The summed E-state index contributed by atoms with van der Waals surface area (Å²) in [6, 6.07) is 17.2. The van der Waals surface area contributed by atoms with Crippen molar-refractivity contribution in [2.45, 2.75) is 6.54 Å². The molecule has 2 aromatic carbocycles. The molecule has 0 spiro atoms. The first-order valence-corrected chi connectivity index (χ1v) is 9.76. The number of hydrogen-bond donors (Lipinski definition) is 2. The minimum absolute atomic E-state index is 0. The van der Waals surface area contributed by atoms with Crippen LogP contribution in [0.1, 0.15) is 15.9 Å². The van der Waals surface area contributed by atoms with Crippen LogP contribution in [-0.2, 0) is 105 Å². The number of hydrogen-bond acceptors (Lipinski definition) is 5. The quantitative estimate of drug-likeness (QED) is 0.132. The van der Waals surface area contributed by atoms with Crippen LogP contribution < -0.4 is 62.4 Å². The molecule has 2 heterocycles. The standard InChI is InChI=1S/C20H16IN6O.K.3Y/c21-11-23-20(28)15-8-6-13(7-9-15)10-27-19-16(18(22)24-12-25-19)17(26-27)14-4-2-1-3-5-14;;;;/h1-9,11-12H,10H2,(H,23,28)(H2,22,24,25);;;;/q-1;+1;;;. The van der Waals surface area contributed by atoms with Gasteiger partial charge in [0.2, 0.25) is 5.91 Å². The molecule has 0 bridgehead atoms. The minimum Gasteiger partial charge on any atom is -0.492 e. The number of anilines is 1. The molecule has 0 saturated carbocycles. The van der Waals surface area contributed by atoms with Gasteiger partial charge in [0.05, 0.1) is 11.9 Å². The summed E-state index contributed by atoms with van der Waals surface area (Å²) in [7, 11) is 0. The fraction of sp³-hybridized carbons (Fsp3) is 0.0500. The van der Waals surface area contributed by atoms with Crippen molar-refractivity contribution in [3.05, 3.63) is 76.6 Å². The van der Waals surface area contributed by atoms with Crippen molar-refractivity contribution in [1.82, 2.24) is 25.1 Å². The SMILES string of the molecule is Nc1ncnc2c1c(-c1ccccc1)nn2Cc1ccc(C(=O)N[CH-]I)cc1.[K+].[Y].[Y].[Y]. The molecule has 0 fully saturated rings. The van der Waals surface area contributed by atoms with Gasteiger partial charge in [-0.3, -0.25) is 27.4 Å². The molecule has 1 amide bonds. The summed E-state index contributed by atoms with van der Waals surface area (Å²) in [5.74, 6) is 0.259. The van der Waals surface area contributed by atoms with E-state index in [0.717, 1.165) is 22.2 Å². The predicted molar refractivity (Wildman–Crippen MR) is 117 cm³/mol. The summed E-state index contributed by atoms with van der Waals surface area (Å²) in [4.78, 5) is 20.4. The van der Waals surface area contributed by atoms with Gasteiger partial charge in [-0.15, -0.1) is 0 Å². The van der Waals surface area contributed by atoms with Gasteiger partial charge in [0.25, 0.3) is 0 Å². The van der Waals surface area contributed by atoms with Gasteiger partial charge in [-0.25, -0.2) is 14.6 Å². The van der Waals surface area contributed by atoms with Crippen LogP contribution >= 0.6 is 22.6 Å². The van der Waals surface area contributed by atoms with Crippen molar-refractivity contribution in [2.75, 3.05) is 5.73 Å². The predicted octanol–water partition coefficient (Wildman–Crippen LogP) is 0.404. The summed E-state index contributed by atoms with van der Waals surface area (Å²) in [6.07, 6.45) is 1.44. The first-order valence-electron chi connectivity index (χ1n) is 8.51. The van der Waals surface area contributed by atoms with Crippen LogP contribution in [0, 0.1) is 4.55 Å². The van der Waals surface area contributed by atoms with E-state index in [1.807, 2.05) is 69.7 Å². The molecule has 0 aliphatic heterocycles. The molecule has 0 aliphatic carbocycles. The Hall–Kier alpha value is 1.94. The van der Waals surface area contributed by atoms with E-state index in [1.165, 1.54) is 6.33 Å².